The van der Waals surface area contributed by atoms with Gasteiger partial charge in [0.25, 0.3) is 5.91 Å². The predicted octanol–water partition coefficient (Wildman–Crippen LogP) is 1.01. The van der Waals surface area contributed by atoms with Crippen LogP contribution in [0.3, 0.4) is 0 Å². The Kier molecular flexibility index (Phi) is 5.09. The van der Waals surface area contributed by atoms with Gasteiger partial charge in [0.05, 0.1) is 6.42 Å². The summed E-state index contributed by atoms with van der Waals surface area (Å²) >= 11 is 0.952. The first-order chi connectivity index (χ1) is 12.7. The molecule has 1 aromatic heterocycles. The summed E-state index contributed by atoms with van der Waals surface area (Å²) in [6.45, 7) is 0.0360. The lowest BCUT2D eigenvalue weighted by Gasteiger charge is -2.15. The number of thiophene rings is 1. The first-order valence-corrected chi connectivity index (χ1v) is 10.1. The lowest BCUT2D eigenvalue weighted by atomic mass is 10.1. The highest BCUT2D eigenvalue weighted by Crippen LogP contribution is 2.38. The number of primary sulfonamides is 1. The van der Waals surface area contributed by atoms with Crippen LogP contribution in [-0.4, -0.2) is 46.0 Å². The molecule has 0 bridgehead atoms. The summed E-state index contributed by atoms with van der Waals surface area (Å²) in [6.07, 6.45) is 0.0196. The van der Waals surface area contributed by atoms with E-state index in [0.29, 0.717) is 22.7 Å². The Hall–Kier alpha value is -2.63. The van der Waals surface area contributed by atoms with Crippen molar-refractivity contribution in [2.24, 2.45) is 5.14 Å². The number of likely N-dealkylation sites (N-methyl/N-ethyl adjacent to an activating group) is 1. The maximum absolute atomic E-state index is 12.6. The van der Waals surface area contributed by atoms with Crippen LogP contribution in [0.15, 0.2) is 28.5 Å². The van der Waals surface area contributed by atoms with E-state index in [1.54, 1.807) is 26.2 Å². The average molecular weight is 411 g/mol. The summed E-state index contributed by atoms with van der Waals surface area (Å²) in [4.78, 5) is 25.9. The van der Waals surface area contributed by atoms with Gasteiger partial charge in [-0.15, -0.1) is 11.3 Å². The van der Waals surface area contributed by atoms with Crippen molar-refractivity contribution >= 4 is 38.9 Å². The number of amides is 2. The van der Waals surface area contributed by atoms with Gasteiger partial charge in [0.2, 0.25) is 22.7 Å². The summed E-state index contributed by atoms with van der Waals surface area (Å²) in [6, 6.07) is 4.43. The van der Waals surface area contributed by atoms with Crippen LogP contribution in [0, 0.1) is 0 Å². The summed E-state index contributed by atoms with van der Waals surface area (Å²) < 4.78 is 33.9. The third-order valence-corrected chi connectivity index (χ3v) is 5.82. The lowest BCUT2D eigenvalue weighted by Crippen LogP contribution is -2.24. The number of nitrogens with one attached hydrogen (secondary N) is 1. The fraction of sp³-hybridized carbons (Fsp3) is 0.250. The topological polar surface area (TPSA) is 128 Å². The number of ether oxygens (including phenoxy) is 2. The van der Waals surface area contributed by atoms with E-state index in [9.17, 15) is 18.0 Å². The molecule has 27 heavy (non-hydrogen) atoms. The van der Waals surface area contributed by atoms with E-state index in [4.69, 9.17) is 14.6 Å². The van der Waals surface area contributed by atoms with Gasteiger partial charge in [-0.25, -0.2) is 13.6 Å². The Bertz CT molecular complexity index is 1010. The van der Waals surface area contributed by atoms with Crippen molar-refractivity contribution in [3.8, 4) is 11.5 Å². The molecule has 3 N–H and O–H groups in total. The SMILES string of the molecule is CN(C)C(=O)Cc1cc2c(cc1NC(=O)c1sccc1S(N)(=O)=O)OCO2. The van der Waals surface area contributed by atoms with E-state index in [0.717, 1.165) is 11.3 Å². The van der Waals surface area contributed by atoms with Gasteiger partial charge in [0.1, 0.15) is 9.77 Å². The van der Waals surface area contributed by atoms with Gasteiger partial charge in [0.15, 0.2) is 11.5 Å². The second kappa shape index (κ2) is 7.18. The molecular formula is C16H17N3O6S2. The molecule has 1 aliphatic heterocycles. The van der Waals surface area contributed by atoms with Gasteiger partial charge < -0.3 is 19.7 Å². The van der Waals surface area contributed by atoms with Gasteiger partial charge in [-0.2, -0.15) is 0 Å². The standard InChI is InChI=1S/C16H17N3O6S2/c1-19(2)14(20)6-9-5-11-12(25-8-24-11)7-10(9)18-16(21)15-13(3-4-26-15)27(17,22)23/h3-5,7H,6,8H2,1-2H3,(H,18,21)(H2,17,22,23). The first kappa shape index (κ1) is 19.1. The van der Waals surface area contributed by atoms with Gasteiger partial charge in [-0.3, -0.25) is 9.59 Å². The van der Waals surface area contributed by atoms with E-state index in [2.05, 4.69) is 5.32 Å². The first-order valence-electron chi connectivity index (χ1n) is 7.71. The molecule has 0 radical (unpaired) electrons. The lowest BCUT2D eigenvalue weighted by molar-refractivity contribution is -0.127. The van der Waals surface area contributed by atoms with E-state index >= 15 is 0 Å². The zero-order valence-electron chi connectivity index (χ0n) is 14.5. The monoisotopic (exact) mass is 411 g/mol. The molecule has 11 heteroatoms. The Balaban J connectivity index is 1.95. The third kappa shape index (κ3) is 4.04. The van der Waals surface area contributed by atoms with Crippen molar-refractivity contribution < 1.29 is 27.5 Å². The molecule has 0 saturated carbocycles. The van der Waals surface area contributed by atoms with Crippen molar-refractivity contribution in [1.29, 1.82) is 0 Å². The molecule has 2 aromatic rings. The fourth-order valence-electron chi connectivity index (χ4n) is 2.43. The minimum Gasteiger partial charge on any atom is -0.454 e. The summed E-state index contributed by atoms with van der Waals surface area (Å²) in [5.74, 6) is 0.0669. The fourth-order valence-corrected chi connectivity index (χ4v) is 4.30. The van der Waals surface area contributed by atoms with Crippen LogP contribution >= 0.6 is 11.3 Å². The Morgan fingerprint density at radius 3 is 2.56 bits per heavy atom. The zero-order valence-corrected chi connectivity index (χ0v) is 16.1. The molecule has 0 atom stereocenters. The number of rotatable bonds is 5. The summed E-state index contributed by atoms with van der Waals surface area (Å²) in [5.41, 5.74) is 0.841. The van der Waals surface area contributed by atoms with Gasteiger partial charge in [-0.1, -0.05) is 0 Å². The number of hydrogen-bond donors (Lipinski definition) is 2. The smallest absolute Gasteiger partial charge is 0.267 e. The molecule has 0 spiro atoms. The van der Waals surface area contributed by atoms with Crippen molar-refractivity contribution in [3.63, 3.8) is 0 Å². The molecule has 1 aliphatic rings. The number of nitrogens with zero attached hydrogens (tertiary/aromatic N) is 1. The van der Waals surface area contributed by atoms with Gasteiger partial charge >= 0.3 is 0 Å². The van der Waals surface area contributed by atoms with Crippen LogP contribution in [0.2, 0.25) is 0 Å². The van der Waals surface area contributed by atoms with Crippen LogP contribution < -0.4 is 19.9 Å². The van der Waals surface area contributed by atoms with Crippen molar-refractivity contribution in [1.82, 2.24) is 4.90 Å². The summed E-state index contributed by atoms with van der Waals surface area (Å²) in [5, 5.41) is 9.26. The minimum atomic E-state index is -4.03. The molecule has 2 heterocycles. The minimum absolute atomic E-state index is 0.0196. The molecule has 0 unspecified atom stereocenters. The van der Waals surface area contributed by atoms with Crippen molar-refractivity contribution in [2.45, 2.75) is 11.3 Å². The molecule has 0 saturated heterocycles. The van der Waals surface area contributed by atoms with Crippen molar-refractivity contribution in [2.75, 3.05) is 26.2 Å². The molecule has 3 rings (SSSR count). The van der Waals surface area contributed by atoms with E-state index in [-0.39, 0.29) is 28.9 Å². The largest absolute Gasteiger partial charge is 0.454 e. The van der Waals surface area contributed by atoms with Crippen LogP contribution in [0.4, 0.5) is 5.69 Å². The molecule has 0 aliphatic carbocycles. The molecule has 9 nitrogen and oxygen atoms in total. The third-order valence-electron chi connectivity index (χ3n) is 3.83. The Morgan fingerprint density at radius 1 is 1.26 bits per heavy atom. The van der Waals surface area contributed by atoms with Gasteiger partial charge in [0, 0.05) is 25.8 Å². The number of carbonyl (C=O) groups is 2. The highest BCUT2D eigenvalue weighted by Gasteiger charge is 2.24. The molecule has 0 fully saturated rings. The van der Waals surface area contributed by atoms with E-state index in [1.165, 1.54) is 16.3 Å². The maximum atomic E-state index is 12.6. The molecular weight excluding hydrogens is 394 g/mol. The highest BCUT2D eigenvalue weighted by atomic mass is 32.2. The maximum Gasteiger partial charge on any atom is 0.267 e. The second-order valence-electron chi connectivity index (χ2n) is 5.94. The predicted molar refractivity (Wildman–Crippen MR) is 98.6 cm³/mol. The van der Waals surface area contributed by atoms with E-state index < -0.39 is 15.9 Å². The Morgan fingerprint density at radius 2 is 1.93 bits per heavy atom. The summed E-state index contributed by atoms with van der Waals surface area (Å²) in [7, 11) is -0.788. The number of anilines is 1. The number of fused-ring (bicyclic) bond motifs is 1. The van der Waals surface area contributed by atoms with Crippen LogP contribution in [0.1, 0.15) is 15.2 Å². The second-order valence-corrected chi connectivity index (χ2v) is 8.39. The average Bonchev–Trinajstić information content (AvgIpc) is 3.22. The quantitative estimate of drug-likeness (QED) is 0.756. The zero-order chi connectivity index (χ0) is 19.8. The number of nitrogens with two attached hydrogens (primary N) is 1. The normalized spacial score (nSPS) is 12.7. The van der Waals surface area contributed by atoms with E-state index in [1.807, 2.05) is 0 Å². The number of hydrogen-bond acceptors (Lipinski definition) is 7. The number of carbonyl (C=O) groups excluding carboxylic acids is 2. The number of benzene rings is 1. The van der Waals surface area contributed by atoms with Gasteiger partial charge in [-0.05, 0) is 23.1 Å². The molecule has 1 aromatic carbocycles. The molecule has 2 amide bonds. The van der Waals surface area contributed by atoms with Crippen LogP contribution in [0.25, 0.3) is 0 Å². The molecule has 144 valence electrons. The van der Waals surface area contributed by atoms with Crippen LogP contribution in [-0.2, 0) is 21.2 Å². The van der Waals surface area contributed by atoms with Crippen LogP contribution in [0.5, 0.6) is 11.5 Å². The Labute approximate surface area is 159 Å². The van der Waals surface area contributed by atoms with Crippen molar-refractivity contribution in [3.05, 3.63) is 34.0 Å². The highest BCUT2D eigenvalue weighted by molar-refractivity contribution is 7.89. The number of sulfonamides is 1.